The first-order chi connectivity index (χ1) is 8.00. The molecule has 3 heteroatoms. The summed E-state index contributed by atoms with van der Waals surface area (Å²) < 4.78 is 13.8. The zero-order valence-electron chi connectivity index (χ0n) is 11.1. The van der Waals surface area contributed by atoms with Crippen molar-refractivity contribution in [3.05, 3.63) is 29.6 Å². The Kier molecular flexibility index (Phi) is 6.00. The number of benzene rings is 1. The summed E-state index contributed by atoms with van der Waals surface area (Å²) in [6, 6.07) is 5.75. The molecule has 0 heterocycles. The second-order valence-corrected chi connectivity index (χ2v) is 6.00. The first kappa shape index (κ1) is 14.5. The van der Waals surface area contributed by atoms with Gasteiger partial charge in [-0.3, -0.25) is 0 Å². The van der Waals surface area contributed by atoms with E-state index in [-0.39, 0.29) is 5.82 Å². The summed E-state index contributed by atoms with van der Waals surface area (Å²) in [7, 11) is 0. The highest BCUT2D eigenvalue weighted by Gasteiger charge is 2.10. The Bertz CT molecular complexity index is 350. The summed E-state index contributed by atoms with van der Waals surface area (Å²) in [5.41, 5.74) is 1.06. The maximum Gasteiger partial charge on any atom is 0.137 e. The molecule has 0 aliphatic rings. The normalized spacial score (nSPS) is 11.5. The fourth-order valence-electron chi connectivity index (χ4n) is 1.42. The lowest BCUT2D eigenvalue weighted by molar-refractivity contribution is 0.564. The van der Waals surface area contributed by atoms with Gasteiger partial charge in [-0.15, -0.1) is 11.8 Å². The van der Waals surface area contributed by atoms with Gasteiger partial charge in [0.15, 0.2) is 0 Å². The van der Waals surface area contributed by atoms with Crippen LogP contribution in [0, 0.1) is 11.7 Å². The molecule has 1 aromatic carbocycles. The zero-order valence-corrected chi connectivity index (χ0v) is 11.9. The highest BCUT2D eigenvalue weighted by Crippen LogP contribution is 2.27. The quantitative estimate of drug-likeness (QED) is 0.769. The van der Waals surface area contributed by atoms with E-state index in [1.807, 2.05) is 6.07 Å². The molecular formula is C14H22FNS. The first-order valence-corrected chi connectivity index (χ1v) is 7.12. The zero-order chi connectivity index (χ0) is 12.8. The number of hydrogen-bond donors (Lipinski definition) is 1. The van der Waals surface area contributed by atoms with Crippen molar-refractivity contribution in [3.63, 3.8) is 0 Å². The number of nitrogens with one attached hydrogen (secondary N) is 1. The molecule has 0 spiro atoms. The third kappa shape index (κ3) is 5.09. The molecule has 1 aromatic rings. The lowest BCUT2D eigenvalue weighted by atomic mass is 10.2. The van der Waals surface area contributed by atoms with Crippen LogP contribution in [-0.4, -0.2) is 11.8 Å². The summed E-state index contributed by atoms with van der Waals surface area (Å²) in [5.74, 6) is 1.43. The lowest BCUT2D eigenvalue weighted by Gasteiger charge is -2.13. The highest BCUT2D eigenvalue weighted by molar-refractivity contribution is 7.99. The van der Waals surface area contributed by atoms with Gasteiger partial charge in [0, 0.05) is 23.2 Å². The van der Waals surface area contributed by atoms with Crippen molar-refractivity contribution in [2.45, 2.75) is 45.2 Å². The molecule has 1 nitrogen and oxygen atoms in total. The average Bonchev–Trinajstić information content (AvgIpc) is 2.24. The molecule has 0 saturated heterocycles. The van der Waals surface area contributed by atoms with Crippen molar-refractivity contribution >= 4 is 11.8 Å². The molecule has 0 saturated carbocycles. The Morgan fingerprint density at radius 3 is 2.53 bits per heavy atom. The number of rotatable bonds is 6. The van der Waals surface area contributed by atoms with Gasteiger partial charge >= 0.3 is 0 Å². The molecule has 1 rings (SSSR count). The second kappa shape index (κ2) is 7.02. The molecule has 17 heavy (non-hydrogen) atoms. The fraction of sp³-hybridized carbons (Fsp3) is 0.571. The molecular weight excluding hydrogens is 233 g/mol. The van der Waals surface area contributed by atoms with Crippen LogP contribution in [0.4, 0.5) is 4.39 Å². The Morgan fingerprint density at radius 1 is 1.24 bits per heavy atom. The Hall–Kier alpha value is -0.540. The minimum absolute atomic E-state index is 0.0984. The largest absolute Gasteiger partial charge is 0.310 e. The predicted molar refractivity (Wildman–Crippen MR) is 73.9 cm³/mol. The monoisotopic (exact) mass is 255 g/mol. The van der Waals surface area contributed by atoms with Crippen molar-refractivity contribution < 1.29 is 4.39 Å². The smallest absolute Gasteiger partial charge is 0.137 e. The van der Waals surface area contributed by atoms with Crippen molar-refractivity contribution in [1.82, 2.24) is 5.32 Å². The van der Waals surface area contributed by atoms with E-state index in [4.69, 9.17) is 0 Å². The van der Waals surface area contributed by atoms with Crippen LogP contribution in [0.15, 0.2) is 23.1 Å². The molecule has 0 aliphatic carbocycles. The van der Waals surface area contributed by atoms with Gasteiger partial charge in [-0.2, -0.15) is 0 Å². The summed E-state index contributed by atoms with van der Waals surface area (Å²) >= 11 is 1.62. The van der Waals surface area contributed by atoms with E-state index >= 15 is 0 Å². The highest BCUT2D eigenvalue weighted by atomic mass is 32.2. The van der Waals surface area contributed by atoms with E-state index < -0.39 is 0 Å². The van der Waals surface area contributed by atoms with Crippen molar-refractivity contribution in [2.24, 2.45) is 5.92 Å². The molecule has 0 aliphatic heterocycles. The van der Waals surface area contributed by atoms with Crippen LogP contribution in [0.2, 0.25) is 0 Å². The lowest BCUT2D eigenvalue weighted by Crippen LogP contribution is -2.22. The van der Waals surface area contributed by atoms with Gasteiger partial charge in [-0.25, -0.2) is 4.39 Å². The van der Waals surface area contributed by atoms with E-state index in [2.05, 4.69) is 33.0 Å². The van der Waals surface area contributed by atoms with Crippen LogP contribution in [0.5, 0.6) is 0 Å². The molecule has 1 N–H and O–H groups in total. The standard InChI is InChI=1S/C14H22FNS/c1-10(2)9-17-14-12(8-16-11(3)4)6-5-7-13(14)15/h5-7,10-11,16H,8-9H2,1-4H3. The molecule has 0 radical (unpaired) electrons. The summed E-state index contributed by atoms with van der Waals surface area (Å²) in [6.07, 6.45) is 0. The van der Waals surface area contributed by atoms with Gasteiger partial charge in [0.2, 0.25) is 0 Å². The molecule has 96 valence electrons. The van der Waals surface area contributed by atoms with Gasteiger partial charge in [0.05, 0.1) is 0 Å². The third-order valence-electron chi connectivity index (χ3n) is 2.31. The maximum absolute atomic E-state index is 13.8. The minimum atomic E-state index is -0.0984. The van der Waals surface area contributed by atoms with Crippen molar-refractivity contribution in [1.29, 1.82) is 0 Å². The number of hydrogen-bond acceptors (Lipinski definition) is 2. The van der Waals surface area contributed by atoms with Gasteiger partial charge < -0.3 is 5.32 Å². The minimum Gasteiger partial charge on any atom is -0.310 e. The first-order valence-electron chi connectivity index (χ1n) is 6.14. The second-order valence-electron chi connectivity index (χ2n) is 4.97. The van der Waals surface area contributed by atoms with Crippen LogP contribution in [0.25, 0.3) is 0 Å². The summed E-state index contributed by atoms with van der Waals surface area (Å²) in [5, 5.41) is 3.34. The number of thioether (sulfide) groups is 1. The molecule has 0 aromatic heterocycles. The van der Waals surface area contributed by atoms with Crippen LogP contribution >= 0.6 is 11.8 Å². The third-order valence-corrected chi connectivity index (χ3v) is 3.89. The molecule has 0 bridgehead atoms. The Balaban J connectivity index is 2.76. The Morgan fingerprint density at radius 2 is 1.94 bits per heavy atom. The van der Waals surface area contributed by atoms with E-state index in [0.29, 0.717) is 12.0 Å². The van der Waals surface area contributed by atoms with E-state index in [0.717, 1.165) is 22.8 Å². The van der Waals surface area contributed by atoms with Gasteiger partial charge in [-0.1, -0.05) is 39.8 Å². The molecule has 0 fully saturated rings. The molecule has 0 atom stereocenters. The molecule has 0 amide bonds. The van der Waals surface area contributed by atoms with Gasteiger partial charge in [-0.05, 0) is 17.5 Å². The summed E-state index contributed by atoms with van der Waals surface area (Å²) in [4.78, 5) is 0.800. The van der Waals surface area contributed by atoms with Gasteiger partial charge in [0.1, 0.15) is 5.82 Å². The predicted octanol–water partition coefficient (Wildman–Crippen LogP) is 4.07. The Labute approximate surface area is 108 Å². The van der Waals surface area contributed by atoms with E-state index in [1.165, 1.54) is 0 Å². The van der Waals surface area contributed by atoms with Crippen LogP contribution in [-0.2, 0) is 6.54 Å². The van der Waals surface area contributed by atoms with E-state index in [1.54, 1.807) is 23.9 Å². The van der Waals surface area contributed by atoms with Crippen molar-refractivity contribution in [2.75, 3.05) is 5.75 Å². The van der Waals surface area contributed by atoms with Crippen LogP contribution < -0.4 is 5.32 Å². The average molecular weight is 255 g/mol. The van der Waals surface area contributed by atoms with E-state index in [9.17, 15) is 4.39 Å². The maximum atomic E-state index is 13.8. The van der Waals surface area contributed by atoms with Crippen LogP contribution in [0.1, 0.15) is 33.3 Å². The SMILES string of the molecule is CC(C)CSc1c(F)cccc1CNC(C)C. The topological polar surface area (TPSA) is 12.0 Å². The summed E-state index contributed by atoms with van der Waals surface area (Å²) in [6.45, 7) is 9.23. The molecule has 0 unspecified atom stereocenters. The van der Waals surface area contributed by atoms with Gasteiger partial charge in [0.25, 0.3) is 0 Å². The van der Waals surface area contributed by atoms with Crippen molar-refractivity contribution in [3.8, 4) is 0 Å². The fourth-order valence-corrected chi connectivity index (χ4v) is 2.45. The number of halogens is 1. The van der Waals surface area contributed by atoms with Crippen LogP contribution in [0.3, 0.4) is 0 Å².